The van der Waals surface area contributed by atoms with Gasteiger partial charge in [0.25, 0.3) is 0 Å². The second-order valence-electron chi connectivity index (χ2n) is 8.19. The van der Waals surface area contributed by atoms with Gasteiger partial charge in [0.05, 0.1) is 19.6 Å². The van der Waals surface area contributed by atoms with Crippen molar-refractivity contribution in [2.45, 2.75) is 63.0 Å². The molecule has 0 aromatic heterocycles. The molecule has 0 spiro atoms. The molecule has 7 nitrogen and oxygen atoms in total. The molecule has 0 aliphatic rings. The predicted octanol–water partition coefficient (Wildman–Crippen LogP) is -0.943. The van der Waals surface area contributed by atoms with Crippen LogP contribution >= 0.6 is 0 Å². The van der Waals surface area contributed by atoms with Gasteiger partial charge in [-0.2, -0.15) is 0 Å². The molecule has 0 rings (SSSR count). The van der Waals surface area contributed by atoms with E-state index in [1.165, 1.54) is 0 Å². The molecule has 0 heterocycles. The van der Waals surface area contributed by atoms with Gasteiger partial charge in [-0.25, -0.2) is 8.42 Å². The van der Waals surface area contributed by atoms with Crippen LogP contribution in [0.25, 0.3) is 0 Å². The Kier molecular flexibility index (Phi) is 12.3. The van der Waals surface area contributed by atoms with Crippen LogP contribution in [0.1, 0.15) is 6.42 Å². The number of hydrogen-bond acceptors (Lipinski definition) is 7. The predicted molar refractivity (Wildman–Crippen MR) is 96.3 cm³/mol. The Labute approximate surface area is 175 Å². The average molecular weight is 421 g/mol. The summed E-state index contributed by atoms with van der Waals surface area (Å²) in [4.78, 5) is 23.6. The summed E-state index contributed by atoms with van der Waals surface area (Å²) in [5.74, 6) is -2.05. The molecular formula is C14H29NaO7SSi2. The molecule has 0 fully saturated rings. The molecule has 0 aromatic carbocycles. The molecule has 0 aromatic rings. The first-order chi connectivity index (χ1) is 10.6. The minimum atomic E-state index is -4.98. The molecule has 0 N–H and O–H groups in total. The largest absolute Gasteiger partial charge is 1.00 e. The number of carbonyl (C=O) groups is 2. The van der Waals surface area contributed by atoms with Crippen molar-refractivity contribution in [1.29, 1.82) is 0 Å². The van der Waals surface area contributed by atoms with E-state index in [1.54, 1.807) is 0 Å². The normalized spacial score (nSPS) is 13.6. The molecule has 0 radical (unpaired) electrons. The van der Waals surface area contributed by atoms with Crippen molar-refractivity contribution >= 4 is 38.2 Å². The van der Waals surface area contributed by atoms with E-state index in [9.17, 15) is 22.6 Å². The number of hydrogen-bond donors (Lipinski definition) is 0. The first-order valence-corrected chi connectivity index (χ1v) is 16.8. The topological polar surface area (TPSA) is 110 Å². The second-order valence-corrected chi connectivity index (χ2v) is 21.0. The fourth-order valence-electron chi connectivity index (χ4n) is 1.54. The number of carbonyl (C=O) groups excluding carboxylic acids is 2. The van der Waals surface area contributed by atoms with Crippen molar-refractivity contribution in [1.82, 2.24) is 0 Å². The third kappa shape index (κ3) is 15.1. The van der Waals surface area contributed by atoms with Gasteiger partial charge in [0, 0.05) is 16.1 Å². The standard InChI is InChI=1S/C14H30O7SSi2.Na/c1-23(2,3)9-7-20-13(15)11-12(22(17,18)19)14(16)21-8-10-24(4,5)6;/h12H,7-11H2,1-6H3,(H,17,18,19);/q;+1/p-1. The summed E-state index contributed by atoms with van der Waals surface area (Å²) in [6.07, 6.45) is -0.802. The van der Waals surface area contributed by atoms with Gasteiger partial charge in [-0.15, -0.1) is 0 Å². The van der Waals surface area contributed by atoms with Gasteiger partial charge in [-0.05, 0) is 12.1 Å². The number of esters is 2. The van der Waals surface area contributed by atoms with Crippen molar-refractivity contribution < 1.29 is 61.6 Å². The van der Waals surface area contributed by atoms with Crippen LogP contribution in [0.3, 0.4) is 0 Å². The molecule has 1 unspecified atom stereocenters. The molecular weight excluding hydrogens is 391 g/mol. The van der Waals surface area contributed by atoms with Gasteiger partial charge >= 0.3 is 41.5 Å². The monoisotopic (exact) mass is 420 g/mol. The average Bonchev–Trinajstić information content (AvgIpc) is 2.31. The Bertz CT molecular complexity index is 538. The minimum Gasteiger partial charge on any atom is -0.747 e. The van der Waals surface area contributed by atoms with Crippen LogP contribution in [0.15, 0.2) is 0 Å². The molecule has 0 saturated carbocycles. The summed E-state index contributed by atoms with van der Waals surface area (Å²) in [5.41, 5.74) is 0. The molecule has 0 aliphatic heterocycles. The Balaban J connectivity index is 0. The van der Waals surface area contributed by atoms with E-state index in [-0.39, 0.29) is 42.8 Å². The van der Waals surface area contributed by atoms with Crippen molar-refractivity contribution in [3.05, 3.63) is 0 Å². The summed E-state index contributed by atoms with van der Waals surface area (Å²) in [6, 6.07) is 1.36. The van der Waals surface area contributed by atoms with Crippen molar-refractivity contribution in [2.24, 2.45) is 0 Å². The van der Waals surface area contributed by atoms with Gasteiger partial charge in [0.2, 0.25) is 0 Å². The summed E-state index contributed by atoms with van der Waals surface area (Å²) >= 11 is 0. The summed E-state index contributed by atoms with van der Waals surface area (Å²) in [5, 5.41) is -2.04. The SMILES string of the molecule is C[Si](C)(C)CCOC(=O)CC(C(=O)OCC[Si](C)(C)C)S(=O)(=O)[O-].[Na+]. The van der Waals surface area contributed by atoms with Crippen molar-refractivity contribution in [3.8, 4) is 0 Å². The van der Waals surface area contributed by atoms with E-state index in [0.717, 1.165) is 0 Å². The molecule has 142 valence electrons. The van der Waals surface area contributed by atoms with Crippen molar-refractivity contribution in [3.63, 3.8) is 0 Å². The van der Waals surface area contributed by atoms with Crippen LogP contribution in [0.2, 0.25) is 51.4 Å². The zero-order chi connectivity index (χ0) is 19.2. The Morgan fingerprint density at radius 1 is 0.920 bits per heavy atom. The zero-order valence-electron chi connectivity index (χ0n) is 16.4. The van der Waals surface area contributed by atoms with Crippen LogP contribution < -0.4 is 29.6 Å². The van der Waals surface area contributed by atoms with E-state index in [4.69, 9.17) is 9.47 Å². The van der Waals surface area contributed by atoms with Gasteiger partial charge in [-0.1, -0.05) is 39.3 Å². The zero-order valence-corrected chi connectivity index (χ0v) is 21.2. The Morgan fingerprint density at radius 2 is 1.32 bits per heavy atom. The van der Waals surface area contributed by atoms with Gasteiger partial charge in [0.1, 0.15) is 10.1 Å². The van der Waals surface area contributed by atoms with Crippen LogP contribution in [-0.2, 0) is 29.2 Å². The molecule has 0 bridgehead atoms. The maximum atomic E-state index is 11.9. The maximum absolute atomic E-state index is 11.9. The van der Waals surface area contributed by atoms with Crippen molar-refractivity contribution in [2.75, 3.05) is 13.2 Å². The fraction of sp³-hybridized carbons (Fsp3) is 0.857. The van der Waals surface area contributed by atoms with Gasteiger partial charge < -0.3 is 14.0 Å². The summed E-state index contributed by atoms with van der Waals surface area (Å²) in [7, 11) is -7.85. The Morgan fingerprint density at radius 3 is 1.68 bits per heavy atom. The first kappa shape index (κ1) is 27.5. The summed E-state index contributed by atoms with van der Waals surface area (Å²) < 4.78 is 43.6. The molecule has 0 aliphatic carbocycles. The fourth-order valence-corrected chi connectivity index (χ4v) is 3.61. The van der Waals surface area contributed by atoms with E-state index in [0.29, 0.717) is 12.1 Å². The molecule has 11 heteroatoms. The Hall–Kier alpha value is 0.284. The third-order valence-electron chi connectivity index (χ3n) is 3.17. The maximum Gasteiger partial charge on any atom is 1.00 e. The van der Waals surface area contributed by atoms with E-state index in [1.807, 2.05) is 0 Å². The van der Waals surface area contributed by atoms with Gasteiger partial charge in [0.15, 0.2) is 5.25 Å². The first-order valence-electron chi connectivity index (χ1n) is 7.89. The second kappa shape index (κ2) is 11.2. The number of rotatable bonds is 10. The minimum absolute atomic E-state index is 0. The van der Waals surface area contributed by atoms with Crippen LogP contribution in [0.4, 0.5) is 0 Å². The molecule has 1 atom stereocenters. The van der Waals surface area contributed by atoms with Crippen LogP contribution in [0, 0.1) is 0 Å². The van der Waals surface area contributed by atoms with E-state index >= 15 is 0 Å². The van der Waals surface area contributed by atoms with Crippen LogP contribution in [-0.4, -0.2) is 59.5 Å². The molecule has 0 saturated heterocycles. The summed E-state index contributed by atoms with van der Waals surface area (Å²) in [6.45, 7) is 12.7. The molecule has 25 heavy (non-hydrogen) atoms. The van der Waals surface area contributed by atoms with Gasteiger partial charge in [-0.3, -0.25) is 9.59 Å². The quantitative estimate of drug-likeness (QED) is 0.255. The van der Waals surface area contributed by atoms with E-state index < -0.39 is 49.9 Å². The van der Waals surface area contributed by atoms with Crippen LogP contribution in [0.5, 0.6) is 0 Å². The smallest absolute Gasteiger partial charge is 0.747 e. The third-order valence-corrected chi connectivity index (χ3v) is 7.64. The van der Waals surface area contributed by atoms with E-state index in [2.05, 4.69) is 39.3 Å². The molecule has 0 amide bonds. The number of ether oxygens (including phenoxy) is 2.